The number of rotatable bonds is 3. The van der Waals surface area contributed by atoms with Crippen molar-refractivity contribution >= 4 is 23.2 Å². The van der Waals surface area contributed by atoms with Crippen molar-refractivity contribution in [3.05, 3.63) is 52.0 Å². The minimum atomic E-state index is -0.0929. The minimum absolute atomic E-state index is 0.0929. The summed E-state index contributed by atoms with van der Waals surface area (Å²) in [6, 6.07) is 9.48. The fraction of sp³-hybridized carbons (Fsp3) is 0.278. The van der Waals surface area contributed by atoms with Crippen molar-refractivity contribution in [1.82, 2.24) is 0 Å². The third kappa shape index (κ3) is 3.59. The molecule has 0 atom stereocenters. The number of benzene rings is 2. The highest BCUT2D eigenvalue weighted by Crippen LogP contribution is 2.38. The van der Waals surface area contributed by atoms with Crippen LogP contribution in [-0.4, -0.2) is 19.1 Å². The second-order valence-corrected chi connectivity index (χ2v) is 6.05. The van der Waals surface area contributed by atoms with E-state index in [0.717, 1.165) is 16.8 Å². The van der Waals surface area contributed by atoms with E-state index in [1.165, 1.54) is 5.56 Å². The Morgan fingerprint density at radius 1 is 1.17 bits per heavy atom. The number of fused-ring (bicyclic) bond motifs is 1. The van der Waals surface area contributed by atoms with E-state index in [1.54, 1.807) is 6.07 Å². The van der Waals surface area contributed by atoms with Crippen LogP contribution in [-0.2, 0) is 11.2 Å². The van der Waals surface area contributed by atoms with Crippen LogP contribution in [0.4, 0.5) is 5.69 Å². The molecule has 1 N–H and O–H groups in total. The summed E-state index contributed by atoms with van der Waals surface area (Å²) in [4.78, 5) is 12.3. The van der Waals surface area contributed by atoms with Crippen LogP contribution in [0, 0.1) is 13.8 Å². The predicted molar refractivity (Wildman–Crippen MR) is 90.7 cm³/mol. The topological polar surface area (TPSA) is 47.6 Å². The van der Waals surface area contributed by atoms with E-state index in [9.17, 15) is 4.79 Å². The molecule has 1 aliphatic heterocycles. The van der Waals surface area contributed by atoms with Crippen LogP contribution in [0.2, 0.25) is 5.02 Å². The molecule has 0 aliphatic carbocycles. The number of aryl methyl sites for hydroxylation is 2. The van der Waals surface area contributed by atoms with Gasteiger partial charge in [0.1, 0.15) is 13.2 Å². The lowest BCUT2D eigenvalue weighted by Crippen LogP contribution is -2.17. The molecular weight excluding hydrogens is 314 g/mol. The Kier molecular flexibility index (Phi) is 4.44. The zero-order chi connectivity index (χ0) is 16.4. The largest absolute Gasteiger partial charge is 0.486 e. The first-order valence-electron chi connectivity index (χ1n) is 7.48. The molecule has 23 heavy (non-hydrogen) atoms. The molecule has 0 saturated carbocycles. The Morgan fingerprint density at radius 2 is 1.96 bits per heavy atom. The molecule has 1 heterocycles. The average Bonchev–Trinajstić information content (AvgIpc) is 2.50. The van der Waals surface area contributed by atoms with Crippen LogP contribution in [0.15, 0.2) is 30.3 Å². The molecule has 4 nitrogen and oxygen atoms in total. The highest BCUT2D eigenvalue weighted by molar-refractivity contribution is 6.32. The number of carbonyl (C=O) groups excluding carboxylic acids is 1. The Morgan fingerprint density at radius 3 is 2.74 bits per heavy atom. The second-order valence-electron chi connectivity index (χ2n) is 5.65. The zero-order valence-electron chi connectivity index (χ0n) is 13.1. The molecule has 5 heteroatoms. The number of anilines is 1. The summed E-state index contributed by atoms with van der Waals surface area (Å²) in [7, 11) is 0. The molecule has 0 radical (unpaired) electrons. The molecular formula is C18H18ClNO3. The van der Waals surface area contributed by atoms with Gasteiger partial charge in [0, 0.05) is 5.69 Å². The Hall–Kier alpha value is -2.20. The quantitative estimate of drug-likeness (QED) is 0.927. The number of carbonyl (C=O) groups is 1. The van der Waals surface area contributed by atoms with Gasteiger partial charge in [-0.3, -0.25) is 4.79 Å². The van der Waals surface area contributed by atoms with Crippen molar-refractivity contribution in [3.8, 4) is 11.5 Å². The van der Waals surface area contributed by atoms with Gasteiger partial charge >= 0.3 is 0 Å². The van der Waals surface area contributed by atoms with E-state index in [-0.39, 0.29) is 12.3 Å². The van der Waals surface area contributed by atoms with Crippen LogP contribution in [0.5, 0.6) is 11.5 Å². The Bertz CT molecular complexity index is 758. The molecule has 3 rings (SSSR count). The second kappa shape index (κ2) is 6.50. The van der Waals surface area contributed by atoms with E-state index in [4.69, 9.17) is 21.1 Å². The van der Waals surface area contributed by atoms with E-state index in [0.29, 0.717) is 29.7 Å². The molecule has 0 unspecified atom stereocenters. The first-order chi connectivity index (χ1) is 11.0. The highest BCUT2D eigenvalue weighted by atomic mass is 35.5. The molecule has 0 fully saturated rings. The first-order valence-corrected chi connectivity index (χ1v) is 7.86. The fourth-order valence-corrected chi connectivity index (χ4v) is 2.89. The summed E-state index contributed by atoms with van der Waals surface area (Å²) < 4.78 is 11.0. The van der Waals surface area contributed by atoms with Crippen molar-refractivity contribution in [3.63, 3.8) is 0 Å². The number of halogens is 1. The van der Waals surface area contributed by atoms with Gasteiger partial charge in [-0.25, -0.2) is 0 Å². The van der Waals surface area contributed by atoms with E-state index >= 15 is 0 Å². The zero-order valence-corrected chi connectivity index (χ0v) is 13.9. The lowest BCUT2D eigenvalue weighted by atomic mass is 10.1. The number of hydrogen-bond donors (Lipinski definition) is 1. The molecule has 2 aromatic carbocycles. The van der Waals surface area contributed by atoms with Crippen LogP contribution >= 0.6 is 11.6 Å². The van der Waals surface area contributed by atoms with Crippen molar-refractivity contribution < 1.29 is 14.3 Å². The van der Waals surface area contributed by atoms with Crippen LogP contribution in [0.25, 0.3) is 0 Å². The maximum absolute atomic E-state index is 12.3. The Labute approximate surface area is 140 Å². The predicted octanol–water partition coefficient (Wildman–Crippen LogP) is 3.91. The molecule has 0 bridgehead atoms. The number of nitrogens with one attached hydrogen (secondary N) is 1. The van der Waals surface area contributed by atoms with Gasteiger partial charge in [0.2, 0.25) is 5.91 Å². The monoisotopic (exact) mass is 331 g/mol. The van der Waals surface area contributed by atoms with Crippen LogP contribution in [0.3, 0.4) is 0 Å². The van der Waals surface area contributed by atoms with Gasteiger partial charge in [-0.2, -0.15) is 0 Å². The van der Waals surface area contributed by atoms with Gasteiger partial charge in [-0.05, 0) is 43.2 Å². The van der Waals surface area contributed by atoms with Crippen molar-refractivity contribution in [1.29, 1.82) is 0 Å². The van der Waals surface area contributed by atoms with E-state index < -0.39 is 0 Å². The van der Waals surface area contributed by atoms with Crippen molar-refractivity contribution in [2.45, 2.75) is 20.3 Å². The van der Waals surface area contributed by atoms with Gasteiger partial charge in [-0.1, -0.05) is 29.3 Å². The molecule has 1 aliphatic rings. The number of hydrogen-bond acceptors (Lipinski definition) is 3. The van der Waals surface area contributed by atoms with Crippen molar-refractivity contribution in [2.75, 3.05) is 18.5 Å². The molecule has 0 spiro atoms. The van der Waals surface area contributed by atoms with Gasteiger partial charge in [0.15, 0.2) is 11.5 Å². The summed E-state index contributed by atoms with van der Waals surface area (Å²) in [5.74, 6) is 1.05. The molecule has 120 valence electrons. The third-order valence-electron chi connectivity index (χ3n) is 3.68. The van der Waals surface area contributed by atoms with Gasteiger partial charge < -0.3 is 14.8 Å². The fourth-order valence-electron chi connectivity index (χ4n) is 2.60. The lowest BCUT2D eigenvalue weighted by molar-refractivity contribution is -0.115. The third-order valence-corrected chi connectivity index (χ3v) is 3.96. The Balaban J connectivity index is 1.74. The summed E-state index contributed by atoms with van der Waals surface area (Å²) in [5, 5.41) is 3.40. The number of amides is 1. The van der Waals surface area contributed by atoms with Gasteiger partial charge in [0.25, 0.3) is 0 Å². The SMILES string of the molecule is Cc1ccc(NC(=O)Cc2cc(Cl)c3c(c2)OCCO3)c(C)c1. The molecule has 2 aromatic rings. The lowest BCUT2D eigenvalue weighted by Gasteiger charge is -2.20. The highest BCUT2D eigenvalue weighted by Gasteiger charge is 2.17. The van der Waals surface area contributed by atoms with Crippen LogP contribution in [0.1, 0.15) is 16.7 Å². The average molecular weight is 332 g/mol. The maximum atomic E-state index is 12.3. The minimum Gasteiger partial charge on any atom is -0.486 e. The first kappa shape index (κ1) is 15.7. The summed E-state index contributed by atoms with van der Waals surface area (Å²) in [6.07, 6.45) is 0.226. The summed E-state index contributed by atoms with van der Waals surface area (Å²) in [6.45, 7) is 4.97. The molecule has 0 saturated heterocycles. The molecule has 1 amide bonds. The normalized spacial score (nSPS) is 12.8. The van der Waals surface area contributed by atoms with E-state index in [2.05, 4.69) is 5.32 Å². The van der Waals surface area contributed by atoms with Crippen LogP contribution < -0.4 is 14.8 Å². The summed E-state index contributed by atoms with van der Waals surface area (Å²) >= 11 is 6.20. The number of ether oxygens (including phenoxy) is 2. The van der Waals surface area contributed by atoms with E-state index in [1.807, 2.05) is 38.1 Å². The summed E-state index contributed by atoms with van der Waals surface area (Å²) in [5.41, 5.74) is 3.82. The van der Waals surface area contributed by atoms with Gasteiger partial charge in [-0.15, -0.1) is 0 Å². The van der Waals surface area contributed by atoms with Crippen molar-refractivity contribution in [2.24, 2.45) is 0 Å². The maximum Gasteiger partial charge on any atom is 0.228 e. The van der Waals surface area contributed by atoms with Gasteiger partial charge in [0.05, 0.1) is 11.4 Å². The standard InChI is InChI=1S/C18H18ClNO3/c1-11-3-4-15(12(2)7-11)20-17(21)10-13-8-14(19)18-16(9-13)22-5-6-23-18/h3-4,7-9H,5-6,10H2,1-2H3,(H,20,21). The smallest absolute Gasteiger partial charge is 0.228 e. The molecule has 0 aromatic heterocycles.